The Balaban J connectivity index is 2.12. The Bertz CT molecular complexity index is 429. The van der Waals surface area contributed by atoms with E-state index in [4.69, 9.17) is 11.6 Å². The third-order valence-electron chi connectivity index (χ3n) is 2.07. The van der Waals surface area contributed by atoms with Gasteiger partial charge in [-0.05, 0) is 6.42 Å². The van der Waals surface area contributed by atoms with Crippen molar-refractivity contribution in [3.8, 4) is 0 Å². The first kappa shape index (κ1) is 10.4. The second-order valence-electron chi connectivity index (χ2n) is 3.09. The number of rotatable bonds is 2. The van der Waals surface area contributed by atoms with Gasteiger partial charge in [-0.2, -0.15) is 4.31 Å². The van der Waals surface area contributed by atoms with Gasteiger partial charge in [0.2, 0.25) is 10.0 Å². The summed E-state index contributed by atoms with van der Waals surface area (Å²) in [5.74, 6) is 0.255. The van der Waals surface area contributed by atoms with Crippen molar-refractivity contribution in [1.82, 2.24) is 9.29 Å². The quantitative estimate of drug-likeness (QED) is 0.798. The Labute approximate surface area is 91.6 Å². The topological polar surface area (TPSA) is 50.3 Å². The highest BCUT2D eigenvalue weighted by Gasteiger charge is 2.28. The number of thiazole rings is 1. The summed E-state index contributed by atoms with van der Waals surface area (Å²) in [6.07, 6.45) is 0.709. The van der Waals surface area contributed by atoms with Crippen LogP contribution in [0, 0.1) is 0 Å². The summed E-state index contributed by atoms with van der Waals surface area (Å²) in [5.41, 5.74) is 0.727. The van der Waals surface area contributed by atoms with Gasteiger partial charge in [0.25, 0.3) is 0 Å². The van der Waals surface area contributed by atoms with E-state index in [2.05, 4.69) is 4.98 Å². The third kappa shape index (κ3) is 2.08. The summed E-state index contributed by atoms with van der Waals surface area (Å²) in [7, 11) is -3.02. The molecule has 78 valence electrons. The van der Waals surface area contributed by atoms with Gasteiger partial charge in [0.05, 0.1) is 18.0 Å². The highest BCUT2D eigenvalue weighted by atomic mass is 35.5. The molecule has 1 fully saturated rings. The molecular weight excluding hydrogens is 244 g/mol. The van der Waals surface area contributed by atoms with Gasteiger partial charge >= 0.3 is 0 Å². The predicted octanol–water partition coefficient (Wildman–Crippen LogP) is 1.33. The Morgan fingerprint density at radius 2 is 2.43 bits per heavy atom. The predicted molar refractivity (Wildman–Crippen MR) is 55.9 cm³/mol. The second kappa shape index (κ2) is 3.77. The van der Waals surface area contributed by atoms with Crippen LogP contribution in [0.2, 0.25) is 4.47 Å². The van der Waals surface area contributed by atoms with Crippen LogP contribution >= 0.6 is 22.9 Å². The normalized spacial score (nSPS) is 21.5. The van der Waals surface area contributed by atoms with Crippen molar-refractivity contribution in [2.75, 3.05) is 12.3 Å². The molecule has 0 radical (unpaired) electrons. The van der Waals surface area contributed by atoms with Crippen LogP contribution in [0.25, 0.3) is 0 Å². The van der Waals surface area contributed by atoms with Crippen LogP contribution < -0.4 is 0 Å². The van der Waals surface area contributed by atoms with E-state index in [9.17, 15) is 8.42 Å². The molecule has 0 unspecified atom stereocenters. The standard InChI is InChI=1S/C7H9ClN2O2S2/c8-7-9-6(5-13-7)4-10-2-1-3-14(10,11)12/h5H,1-4H2. The second-order valence-corrected chi connectivity index (χ2v) is 6.62. The van der Waals surface area contributed by atoms with Crippen molar-refractivity contribution in [2.24, 2.45) is 0 Å². The number of halogens is 1. The zero-order valence-corrected chi connectivity index (χ0v) is 9.70. The first-order valence-electron chi connectivity index (χ1n) is 4.16. The Kier molecular flexibility index (Phi) is 2.79. The maximum atomic E-state index is 11.4. The molecule has 0 bridgehead atoms. The summed E-state index contributed by atoms with van der Waals surface area (Å²) >= 11 is 6.98. The molecule has 0 atom stereocenters. The monoisotopic (exact) mass is 252 g/mol. The average molecular weight is 253 g/mol. The van der Waals surface area contributed by atoms with Crippen molar-refractivity contribution in [2.45, 2.75) is 13.0 Å². The fourth-order valence-corrected chi connectivity index (χ4v) is 3.67. The first-order chi connectivity index (χ1) is 6.58. The van der Waals surface area contributed by atoms with Gasteiger partial charge in [-0.3, -0.25) is 0 Å². The molecule has 1 aliphatic rings. The third-order valence-corrected chi connectivity index (χ3v) is 5.00. The molecule has 2 rings (SSSR count). The molecule has 0 aromatic carbocycles. The van der Waals surface area contributed by atoms with E-state index in [1.165, 1.54) is 15.6 Å². The van der Waals surface area contributed by atoms with E-state index in [0.29, 0.717) is 24.0 Å². The van der Waals surface area contributed by atoms with Crippen molar-refractivity contribution in [3.05, 3.63) is 15.5 Å². The fourth-order valence-electron chi connectivity index (χ4n) is 1.40. The van der Waals surface area contributed by atoms with Gasteiger partial charge in [-0.15, -0.1) is 11.3 Å². The summed E-state index contributed by atoms with van der Waals surface area (Å²) < 4.78 is 24.8. The van der Waals surface area contributed by atoms with E-state index in [0.717, 1.165) is 5.69 Å². The minimum atomic E-state index is -3.02. The van der Waals surface area contributed by atoms with Crippen LogP contribution in [0.1, 0.15) is 12.1 Å². The van der Waals surface area contributed by atoms with E-state index < -0.39 is 10.0 Å². The fraction of sp³-hybridized carbons (Fsp3) is 0.571. The Hall–Kier alpha value is -0.170. The molecule has 2 heterocycles. The SMILES string of the molecule is O=S1(=O)CCCN1Cc1csc(Cl)n1. The van der Waals surface area contributed by atoms with Crippen LogP contribution in [-0.2, 0) is 16.6 Å². The van der Waals surface area contributed by atoms with Gasteiger partial charge in [0, 0.05) is 11.9 Å². The molecule has 7 heteroatoms. The molecule has 1 saturated heterocycles. The lowest BCUT2D eigenvalue weighted by Crippen LogP contribution is -2.25. The molecule has 1 aromatic heterocycles. The van der Waals surface area contributed by atoms with E-state index in [-0.39, 0.29) is 5.75 Å². The molecule has 0 N–H and O–H groups in total. The van der Waals surface area contributed by atoms with Crippen LogP contribution in [0.4, 0.5) is 0 Å². The summed E-state index contributed by atoms with van der Waals surface area (Å²) in [6.45, 7) is 0.947. The summed E-state index contributed by atoms with van der Waals surface area (Å²) in [6, 6.07) is 0. The van der Waals surface area contributed by atoms with E-state index in [1.54, 1.807) is 5.38 Å². The van der Waals surface area contributed by atoms with Crippen LogP contribution in [0.15, 0.2) is 5.38 Å². The Morgan fingerprint density at radius 1 is 1.64 bits per heavy atom. The highest BCUT2D eigenvalue weighted by molar-refractivity contribution is 7.89. The molecule has 0 spiro atoms. The number of hydrogen-bond acceptors (Lipinski definition) is 4. The molecule has 14 heavy (non-hydrogen) atoms. The van der Waals surface area contributed by atoms with Gasteiger partial charge < -0.3 is 0 Å². The number of aromatic nitrogens is 1. The molecule has 4 nitrogen and oxygen atoms in total. The lowest BCUT2D eigenvalue weighted by atomic mass is 10.4. The number of hydrogen-bond donors (Lipinski definition) is 0. The summed E-state index contributed by atoms with van der Waals surface area (Å²) in [5, 5.41) is 1.79. The van der Waals surface area contributed by atoms with Crippen molar-refractivity contribution < 1.29 is 8.42 Å². The highest BCUT2D eigenvalue weighted by Crippen LogP contribution is 2.20. The molecule has 0 aliphatic carbocycles. The van der Waals surface area contributed by atoms with Gasteiger partial charge in [0.1, 0.15) is 0 Å². The zero-order valence-electron chi connectivity index (χ0n) is 7.31. The van der Waals surface area contributed by atoms with E-state index >= 15 is 0 Å². The molecule has 1 aromatic rings. The van der Waals surface area contributed by atoms with Crippen LogP contribution in [0.5, 0.6) is 0 Å². The maximum Gasteiger partial charge on any atom is 0.214 e. The lowest BCUT2D eigenvalue weighted by molar-refractivity contribution is 0.436. The van der Waals surface area contributed by atoms with Crippen molar-refractivity contribution in [1.29, 1.82) is 0 Å². The minimum Gasteiger partial charge on any atom is -0.229 e. The Morgan fingerprint density at radius 3 is 2.93 bits per heavy atom. The lowest BCUT2D eigenvalue weighted by Gasteiger charge is -2.11. The first-order valence-corrected chi connectivity index (χ1v) is 7.02. The van der Waals surface area contributed by atoms with Crippen LogP contribution in [0.3, 0.4) is 0 Å². The molecule has 0 amide bonds. The minimum absolute atomic E-state index is 0.255. The molecule has 0 saturated carbocycles. The van der Waals surface area contributed by atoms with Gasteiger partial charge in [0.15, 0.2) is 4.47 Å². The van der Waals surface area contributed by atoms with Crippen molar-refractivity contribution >= 4 is 33.0 Å². The number of nitrogens with zero attached hydrogens (tertiary/aromatic N) is 2. The molecular formula is C7H9ClN2O2S2. The van der Waals surface area contributed by atoms with E-state index in [1.807, 2.05) is 0 Å². The largest absolute Gasteiger partial charge is 0.229 e. The maximum absolute atomic E-state index is 11.4. The smallest absolute Gasteiger partial charge is 0.214 e. The van der Waals surface area contributed by atoms with Gasteiger partial charge in [-0.25, -0.2) is 13.4 Å². The molecule has 1 aliphatic heterocycles. The zero-order chi connectivity index (χ0) is 10.2. The average Bonchev–Trinajstić information content (AvgIpc) is 2.61. The summed E-state index contributed by atoms with van der Waals surface area (Å²) in [4.78, 5) is 4.02. The van der Waals surface area contributed by atoms with Crippen molar-refractivity contribution in [3.63, 3.8) is 0 Å². The van der Waals surface area contributed by atoms with Crippen LogP contribution in [-0.4, -0.2) is 30.0 Å². The van der Waals surface area contributed by atoms with Gasteiger partial charge in [-0.1, -0.05) is 11.6 Å². The number of sulfonamides is 1.